The first kappa shape index (κ1) is 15.1. The number of halogens is 1. The lowest BCUT2D eigenvalue weighted by atomic mass is 10.2. The maximum Gasteiger partial charge on any atom is 0.270 e. The van der Waals surface area contributed by atoms with Gasteiger partial charge in [-0.25, -0.2) is 0 Å². The molecule has 0 fully saturated rings. The van der Waals surface area contributed by atoms with Crippen molar-refractivity contribution in [2.24, 2.45) is 5.73 Å². The number of H-pyrrole nitrogens is 1. The molecule has 0 spiro atoms. The minimum Gasteiger partial charge on any atom is -0.370 e. The summed E-state index contributed by atoms with van der Waals surface area (Å²) in [4.78, 5) is 27.8. The molecule has 0 radical (unpaired) electrons. The Morgan fingerprint density at radius 3 is 2.52 bits per heavy atom. The molecule has 1 heterocycles. The molecule has 3 N–H and O–H groups in total. The van der Waals surface area contributed by atoms with Crippen molar-refractivity contribution in [1.82, 2.24) is 9.88 Å². The summed E-state index contributed by atoms with van der Waals surface area (Å²) in [7, 11) is 0. The van der Waals surface area contributed by atoms with Crippen LogP contribution >= 0.6 is 11.6 Å². The minimum absolute atomic E-state index is 0.118. The molecule has 110 valence electrons. The molecule has 0 saturated carbocycles. The van der Waals surface area contributed by atoms with Gasteiger partial charge in [-0.15, -0.1) is 0 Å². The number of amides is 2. The number of aromatic nitrogens is 1. The number of carbonyl (C=O) groups is 2. The molecule has 21 heavy (non-hydrogen) atoms. The summed E-state index contributed by atoms with van der Waals surface area (Å²) in [5.74, 6) is -0.655. The van der Waals surface area contributed by atoms with Gasteiger partial charge in [0.25, 0.3) is 5.91 Å². The highest BCUT2D eigenvalue weighted by molar-refractivity contribution is 6.30. The fourth-order valence-corrected chi connectivity index (χ4v) is 2.13. The zero-order valence-corrected chi connectivity index (χ0v) is 12.1. The second kappa shape index (κ2) is 6.95. The second-order valence-electron chi connectivity index (χ2n) is 4.66. The molecule has 0 aliphatic rings. The normalized spacial score (nSPS) is 10.3. The number of aromatic amines is 1. The Bertz CT molecular complexity index is 625. The number of nitrogens with two attached hydrogens (primary N) is 1. The Morgan fingerprint density at radius 2 is 1.95 bits per heavy atom. The monoisotopic (exact) mass is 305 g/mol. The summed E-state index contributed by atoms with van der Waals surface area (Å²) in [6, 6.07) is 11.1. The average Bonchev–Trinajstić information content (AvgIpc) is 2.90. The van der Waals surface area contributed by atoms with Crippen molar-refractivity contribution in [1.29, 1.82) is 0 Å². The zero-order chi connectivity index (χ0) is 15.2. The van der Waals surface area contributed by atoms with Gasteiger partial charge in [-0.05, 0) is 11.6 Å². The lowest BCUT2D eigenvalue weighted by Gasteiger charge is -2.21. The second-order valence-corrected chi connectivity index (χ2v) is 5.10. The van der Waals surface area contributed by atoms with Crippen LogP contribution in [0.2, 0.25) is 5.02 Å². The molecule has 1 aromatic heterocycles. The SMILES string of the molecule is NC(=O)CCN(Cc1ccccc1)C(=O)c1cc(Cl)c[nH]1. The Hall–Kier alpha value is -2.27. The van der Waals surface area contributed by atoms with E-state index in [1.54, 1.807) is 17.2 Å². The summed E-state index contributed by atoms with van der Waals surface area (Å²) in [6.07, 6.45) is 1.66. The van der Waals surface area contributed by atoms with Gasteiger partial charge in [0.15, 0.2) is 0 Å². The van der Waals surface area contributed by atoms with Crippen LogP contribution in [-0.2, 0) is 11.3 Å². The van der Waals surface area contributed by atoms with Gasteiger partial charge in [0.1, 0.15) is 5.69 Å². The fraction of sp³-hybridized carbons (Fsp3) is 0.200. The number of nitrogens with one attached hydrogen (secondary N) is 1. The lowest BCUT2D eigenvalue weighted by Crippen LogP contribution is -2.33. The number of hydrogen-bond donors (Lipinski definition) is 2. The maximum atomic E-state index is 12.5. The number of primary amides is 1. The standard InChI is InChI=1S/C15H16ClN3O2/c16-12-8-13(18-9-12)15(21)19(7-6-14(17)20)10-11-4-2-1-3-5-11/h1-5,8-9,18H,6-7,10H2,(H2,17,20). The molecule has 0 bridgehead atoms. The molecule has 2 aromatic rings. The molecule has 0 atom stereocenters. The van der Waals surface area contributed by atoms with Crippen LogP contribution in [0.1, 0.15) is 22.5 Å². The van der Waals surface area contributed by atoms with E-state index in [2.05, 4.69) is 4.98 Å². The van der Waals surface area contributed by atoms with Crippen molar-refractivity contribution < 1.29 is 9.59 Å². The van der Waals surface area contributed by atoms with Crippen molar-refractivity contribution in [3.8, 4) is 0 Å². The molecule has 1 aromatic carbocycles. The smallest absolute Gasteiger partial charge is 0.270 e. The maximum absolute atomic E-state index is 12.5. The molecule has 0 aliphatic heterocycles. The summed E-state index contributed by atoms with van der Waals surface area (Å²) in [5.41, 5.74) is 6.54. The van der Waals surface area contributed by atoms with E-state index in [9.17, 15) is 9.59 Å². The van der Waals surface area contributed by atoms with Crippen LogP contribution in [0.15, 0.2) is 42.6 Å². The number of nitrogens with zero attached hydrogens (tertiary/aromatic N) is 1. The van der Waals surface area contributed by atoms with E-state index in [-0.39, 0.29) is 18.9 Å². The van der Waals surface area contributed by atoms with E-state index in [4.69, 9.17) is 17.3 Å². The molecule has 0 unspecified atom stereocenters. The first-order chi connectivity index (χ1) is 10.1. The molecular weight excluding hydrogens is 290 g/mol. The Labute approximate surface area is 127 Å². The number of benzene rings is 1. The highest BCUT2D eigenvalue weighted by Crippen LogP contribution is 2.14. The predicted molar refractivity (Wildman–Crippen MR) is 80.8 cm³/mol. The summed E-state index contributed by atoms with van der Waals surface area (Å²) >= 11 is 5.82. The minimum atomic E-state index is -0.439. The molecule has 2 amide bonds. The van der Waals surface area contributed by atoms with Gasteiger partial charge < -0.3 is 15.6 Å². The Morgan fingerprint density at radius 1 is 1.24 bits per heavy atom. The number of carbonyl (C=O) groups excluding carboxylic acids is 2. The quantitative estimate of drug-likeness (QED) is 0.858. The number of hydrogen-bond acceptors (Lipinski definition) is 2. The van der Waals surface area contributed by atoms with Gasteiger partial charge in [-0.3, -0.25) is 9.59 Å². The van der Waals surface area contributed by atoms with E-state index >= 15 is 0 Å². The van der Waals surface area contributed by atoms with Gasteiger partial charge in [0, 0.05) is 25.7 Å². The Balaban J connectivity index is 2.14. The van der Waals surface area contributed by atoms with E-state index in [0.717, 1.165) is 5.56 Å². The highest BCUT2D eigenvalue weighted by Gasteiger charge is 2.18. The predicted octanol–water partition coefficient (Wildman–Crippen LogP) is 2.19. The van der Waals surface area contributed by atoms with E-state index in [0.29, 0.717) is 17.3 Å². The van der Waals surface area contributed by atoms with Crippen molar-refractivity contribution in [2.45, 2.75) is 13.0 Å². The fourth-order valence-electron chi connectivity index (χ4n) is 1.96. The molecule has 2 rings (SSSR count). The third-order valence-corrected chi connectivity index (χ3v) is 3.23. The lowest BCUT2D eigenvalue weighted by molar-refractivity contribution is -0.118. The van der Waals surface area contributed by atoms with Gasteiger partial charge >= 0.3 is 0 Å². The summed E-state index contributed by atoms with van der Waals surface area (Å²) < 4.78 is 0. The van der Waals surface area contributed by atoms with Crippen LogP contribution in [-0.4, -0.2) is 28.2 Å². The topological polar surface area (TPSA) is 79.2 Å². The van der Waals surface area contributed by atoms with Crippen molar-refractivity contribution in [3.05, 3.63) is 58.9 Å². The average molecular weight is 306 g/mol. The summed E-state index contributed by atoms with van der Waals surface area (Å²) in [5, 5.41) is 0.466. The van der Waals surface area contributed by atoms with Crippen LogP contribution < -0.4 is 5.73 Å². The van der Waals surface area contributed by atoms with Crippen LogP contribution in [0.25, 0.3) is 0 Å². The molecule has 5 nitrogen and oxygen atoms in total. The first-order valence-electron chi connectivity index (χ1n) is 6.51. The van der Waals surface area contributed by atoms with E-state index in [1.807, 2.05) is 30.3 Å². The van der Waals surface area contributed by atoms with E-state index < -0.39 is 5.91 Å². The number of rotatable bonds is 6. The molecule has 6 heteroatoms. The van der Waals surface area contributed by atoms with Crippen LogP contribution in [0.3, 0.4) is 0 Å². The van der Waals surface area contributed by atoms with Crippen LogP contribution in [0.5, 0.6) is 0 Å². The molecule has 0 aliphatic carbocycles. The van der Waals surface area contributed by atoms with Crippen LogP contribution in [0.4, 0.5) is 0 Å². The van der Waals surface area contributed by atoms with E-state index in [1.165, 1.54) is 0 Å². The van der Waals surface area contributed by atoms with Gasteiger partial charge in [0.05, 0.1) is 5.02 Å². The van der Waals surface area contributed by atoms with Gasteiger partial charge in [-0.2, -0.15) is 0 Å². The first-order valence-corrected chi connectivity index (χ1v) is 6.89. The van der Waals surface area contributed by atoms with Gasteiger partial charge in [-0.1, -0.05) is 41.9 Å². The van der Waals surface area contributed by atoms with Crippen molar-refractivity contribution in [3.63, 3.8) is 0 Å². The van der Waals surface area contributed by atoms with Crippen molar-refractivity contribution >= 4 is 23.4 Å². The third kappa shape index (κ3) is 4.36. The highest BCUT2D eigenvalue weighted by atomic mass is 35.5. The zero-order valence-electron chi connectivity index (χ0n) is 11.4. The van der Waals surface area contributed by atoms with Crippen molar-refractivity contribution in [2.75, 3.05) is 6.54 Å². The van der Waals surface area contributed by atoms with Crippen LogP contribution in [0, 0.1) is 0 Å². The molecular formula is C15H16ClN3O2. The largest absolute Gasteiger partial charge is 0.370 e. The van der Waals surface area contributed by atoms with Gasteiger partial charge in [0.2, 0.25) is 5.91 Å². The third-order valence-electron chi connectivity index (χ3n) is 3.01. The summed E-state index contributed by atoms with van der Waals surface area (Å²) in [6.45, 7) is 0.670. The Kier molecular flexibility index (Phi) is 5.00. The molecule has 0 saturated heterocycles.